The molecule has 3 nitrogen and oxygen atoms in total. The van der Waals surface area contributed by atoms with Crippen LogP contribution in [-0.2, 0) is 0 Å². The van der Waals surface area contributed by atoms with E-state index in [4.69, 9.17) is 17.3 Å². The summed E-state index contributed by atoms with van der Waals surface area (Å²) in [4.78, 5) is 11.9. The van der Waals surface area contributed by atoms with Crippen molar-refractivity contribution in [1.29, 1.82) is 0 Å². The minimum atomic E-state index is -0.101. The van der Waals surface area contributed by atoms with Gasteiger partial charge in [0.15, 0.2) is 0 Å². The molecule has 1 atom stereocenters. The Morgan fingerprint density at radius 3 is 3.00 bits per heavy atom. The van der Waals surface area contributed by atoms with Gasteiger partial charge in [-0.25, -0.2) is 0 Å². The fraction of sp³-hybridized carbons (Fsp3) is 0.417. The third-order valence-corrected chi connectivity index (χ3v) is 4.21. The number of carbonyl (C=O) groups excluding carboxylic acids is 1. The fourth-order valence-corrected chi connectivity index (χ4v) is 3.35. The van der Waals surface area contributed by atoms with Crippen LogP contribution in [0.2, 0.25) is 5.02 Å². The number of rotatable bonds is 3. The van der Waals surface area contributed by atoms with E-state index in [1.807, 2.05) is 11.8 Å². The van der Waals surface area contributed by atoms with Crippen LogP contribution in [0.25, 0.3) is 0 Å². The van der Waals surface area contributed by atoms with Gasteiger partial charge in [0.2, 0.25) is 0 Å². The third-order valence-electron chi connectivity index (χ3n) is 2.76. The second-order valence-electron chi connectivity index (χ2n) is 4.21. The van der Waals surface area contributed by atoms with Crippen molar-refractivity contribution in [3.63, 3.8) is 0 Å². The van der Waals surface area contributed by atoms with Crippen LogP contribution in [0.5, 0.6) is 0 Å². The number of halogens is 1. The Bertz CT molecular complexity index is 399. The van der Waals surface area contributed by atoms with Crippen LogP contribution in [-0.4, -0.2) is 24.0 Å². The van der Waals surface area contributed by atoms with E-state index in [2.05, 4.69) is 5.32 Å². The molecule has 0 aromatic heterocycles. The molecule has 1 heterocycles. The van der Waals surface area contributed by atoms with Crippen LogP contribution in [0, 0.1) is 5.92 Å². The van der Waals surface area contributed by atoms with Gasteiger partial charge in [0.25, 0.3) is 5.91 Å². The minimum absolute atomic E-state index is 0.101. The van der Waals surface area contributed by atoms with Crippen molar-refractivity contribution in [2.24, 2.45) is 5.92 Å². The quantitative estimate of drug-likeness (QED) is 0.830. The smallest absolute Gasteiger partial charge is 0.251 e. The normalized spacial score (nSPS) is 19.2. The molecule has 0 aliphatic carbocycles. The first kappa shape index (κ1) is 12.6. The lowest BCUT2D eigenvalue weighted by Crippen LogP contribution is -2.29. The molecule has 0 radical (unpaired) electrons. The zero-order chi connectivity index (χ0) is 12.3. The average Bonchev–Trinajstić information content (AvgIpc) is 2.77. The fourth-order valence-electron chi connectivity index (χ4n) is 1.83. The van der Waals surface area contributed by atoms with Crippen molar-refractivity contribution in [2.45, 2.75) is 6.42 Å². The monoisotopic (exact) mass is 270 g/mol. The van der Waals surface area contributed by atoms with E-state index in [0.29, 0.717) is 22.2 Å². The predicted octanol–water partition coefficient (Wildman–Crippen LogP) is 2.41. The highest BCUT2D eigenvalue weighted by Crippen LogP contribution is 2.22. The summed E-state index contributed by atoms with van der Waals surface area (Å²) >= 11 is 7.80. The lowest BCUT2D eigenvalue weighted by Gasteiger charge is -2.10. The molecular formula is C12H15ClN2OS. The molecule has 17 heavy (non-hydrogen) atoms. The number of anilines is 1. The van der Waals surface area contributed by atoms with Crippen molar-refractivity contribution in [3.05, 3.63) is 28.8 Å². The molecule has 92 valence electrons. The summed E-state index contributed by atoms with van der Waals surface area (Å²) in [7, 11) is 0. The van der Waals surface area contributed by atoms with Crippen molar-refractivity contribution < 1.29 is 4.79 Å². The van der Waals surface area contributed by atoms with Crippen LogP contribution in [0.4, 0.5) is 5.69 Å². The molecule has 1 fully saturated rings. The molecule has 1 aromatic rings. The van der Waals surface area contributed by atoms with E-state index in [-0.39, 0.29) is 5.91 Å². The first-order valence-electron chi connectivity index (χ1n) is 5.57. The summed E-state index contributed by atoms with van der Waals surface area (Å²) < 4.78 is 0. The average molecular weight is 271 g/mol. The molecule has 3 N–H and O–H groups in total. The first-order valence-corrected chi connectivity index (χ1v) is 7.10. The Labute approximate surface area is 110 Å². The lowest BCUT2D eigenvalue weighted by molar-refractivity contribution is 0.0948. The van der Waals surface area contributed by atoms with Gasteiger partial charge < -0.3 is 11.1 Å². The number of nitrogen functional groups attached to an aromatic ring is 1. The molecule has 1 saturated heterocycles. The van der Waals surface area contributed by atoms with Gasteiger partial charge in [-0.2, -0.15) is 11.8 Å². The molecule has 1 aliphatic rings. The maximum Gasteiger partial charge on any atom is 0.251 e. The summed E-state index contributed by atoms with van der Waals surface area (Å²) in [6.07, 6.45) is 1.18. The van der Waals surface area contributed by atoms with Crippen molar-refractivity contribution >= 4 is 35.0 Å². The maximum atomic E-state index is 11.9. The maximum absolute atomic E-state index is 11.9. The second-order valence-corrected chi connectivity index (χ2v) is 5.80. The van der Waals surface area contributed by atoms with Crippen LogP contribution in [0.15, 0.2) is 18.2 Å². The van der Waals surface area contributed by atoms with Crippen molar-refractivity contribution in [1.82, 2.24) is 5.32 Å². The summed E-state index contributed by atoms with van der Waals surface area (Å²) in [5.74, 6) is 2.83. The van der Waals surface area contributed by atoms with E-state index >= 15 is 0 Å². The molecular weight excluding hydrogens is 256 g/mol. The van der Waals surface area contributed by atoms with Crippen LogP contribution in [0.1, 0.15) is 16.8 Å². The molecule has 2 rings (SSSR count). The number of benzene rings is 1. The van der Waals surface area contributed by atoms with Gasteiger partial charge in [-0.3, -0.25) is 4.79 Å². The molecule has 0 spiro atoms. The number of hydrogen-bond acceptors (Lipinski definition) is 3. The Morgan fingerprint density at radius 2 is 2.35 bits per heavy atom. The van der Waals surface area contributed by atoms with Gasteiger partial charge in [0.1, 0.15) is 0 Å². The summed E-state index contributed by atoms with van der Waals surface area (Å²) in [5, 5.41) is 3.42. The lowest BCUT2D eigenvalue weighted by atomic mass is 10.1. The van der Waals surface area contributed by atoms with Crippen LogP contribution >= 0.6 is 23.4 Å². The van der Waals surface area contributed by atoms with E-state index in [9.17, 15) is 4.79 Å². The van der Waals surface area contributed by atoms with Crippen molar-refractivity contribution in [2.75, 3.05) is 23.8 Å². The van der Waals surface area contributed by atoms with Gasteiger partial charge in [-0.1, -0.05) is 11.6 Å². The molecule has 5 heteroatoms. The zero-order valence-electron chi connectivity index (χ0n) is 9.41. The van der Waals surface area contributed by atoms with E-state index in [0.717, 1.165) is 12.3 Å². The minimum Gasteiger partial charge on any atom is -0.399 e. The first-order chi connectivity index (χ1) is 8.15. The number of carbonyl (C=O) groups is 1. The van der Waals surface area contributed by atoms with Crippen LogP contribution < -0.4 is 11.1 Å². The van der Waals surface area contributed by atoms with E-state index in [1.54, 1.807) is 18.2 Å². The zero-order valence-corrected chi connectivity index (χ0v) is 11.0. The highest BCUT2D eigenvalue weighted by Gasteiger charge is 2.16. The Kier molecular flexibility index (Phi) is 4.18. The Morgan fingerprint density at radius 1 is 1.53 bits per heavy atom. The SMILES string of the molecule is Nc1cc(Cl)cc(C(=O)NCC2CCSC2)c1. The van der Waals surface area contributed by atoms with E-state index in [1.165, 1.54) is 12.2 Å². The summed E-state index contributed by atoms with van der Waals surface area (Å²) in [6.45, 7) is 0.734. The number of nitrogens with one attached hydrogen (secondary N) is 1. The number of hydrogen-bond donors (Lipinski definition) is 2. The number of thioether (sulfide) groups is 1. The number of amides is 1. The second kappa shape index (κ2) is 5.65. The third kappa shape index (κ3) is 3.54. The highest BCUT2D eigenvalue weighted by atomic mass is 35.5. The van der Waals surface area contributed by atoms with Gasteiger partial charge in [0.05, 0.1) is 0 Å². The number of nitrogens with two attached hydrogens (primary N) is 1. The Balaban J connectivity index is 1.94. The standard InChI is InChI=1S/C12H15ClN2OS/c13-10-3-9(4-11(14)5-10)12(16)15-6-8-1-2-17-7-8/h3-5,8H,1-2,6-7,14H2,(H,15,16). The molecule has 1 amide bonds. The van der Waals surface area contributed by atoms with Gasteiger partial charge in [-0.15, -0.1) is 0 Å². The summed E-state index contributed by atoms with van der Waals surface area (Å²) in [5.41, 5.74) is 6.69. The highest BCUT2D eigenvalue weighted by molar-refractivity contribution is 7.99. The Hall–Kier alpha value is -0.870. The molecule has 1 aliphatic heterocycles. The van der Waals surface area contributed by atoms with Crippen molar-refractivity contribution in [3.8, 4) is 0 Å². The predicted molar refractivity (Wildman–Crippen MR) is 73.6 cm³/mol. The van der Waals surface area contributed by atoms with Crippen LogP contribution in [0.3, 0.4) is 0 Å². The van der Waals surface area contributed by atoms with E-state index < -0.39 is 0 Å². The molecule has 0 bridgehead atoms. The topological polar surface area (TPSA) is 55.1 Å². The van der Waals surface area contributed by atoms with Gasteiger partial charge >= 0.3 is 0 Å². The molecule has 1 aromatic carbocycles. The largest absolute Gasteiger partial charge is 0.399 e. The van der Waals surface area contributed by atoms with Gasteiger partial charge in [-0.05, 0) is 42.0 Å². The van der Waals surface area contributed by atoms with Gasteiger partial charge in [0, 0.05) is 22.8 Å². The molecule has 0 saturated carbocycles. The summed E-state index contributed by atoms with van der Waals surface area (Å²) in [6, 6.07) is 4.91. The molecule has 1 unspecified atom stereocenters.